The number of hydrogen-bond donors (Lipinski definition) is 0. The Labute approximate surface area is 281 Å². The number of hydrogen-bond acceptors (Lipinski definition) is 3. The highest BCUT2D eigenvalue weighted by Crippen LogP contribution is 2.27. The second kappa shape index (κ2) is 31.3. The van der Waals surface area contributed by atoms with Crippen LogP contribution in [-0.2, 0) is 17.8 Å². The van der Waals surface area contributed by atoms with Crippen molar-refractivity contribution in [3.8, 4) is 11.5 Å². The predicted molar refractivity (Wildman–Crippen MR) is 191 cm³/mol. The third-order valence-electron chi connectivity index (χ3n) is 5.26. The Morgan fingerprint density at radius 1 is 0.696 bits per heavy atom. The molecular formula is C39H70F4O3. The van der Waals surface area contributed by atoms with Crippen LogP contribution in [0, 0.1) is 41.5 Å². The first-order valence-electron chi connectivity index (χ1n) is 17.5. The summed E-state index contributed by atoms with van der Waals surface area (Å²) in [5, 5.41) is 0. The fourth-order valence-corrected chi connectivity index (χ4v) is 3.42. The Kier molecular flexibility index (Phi) is 34.4. The molecule has 3 nitrogen and oxygen atoms in total. The van der Waals surface area contributed by atoms with Crippen molar-refractivity contribution >= 4 is 0 Å². The summed E-state index contributed by atoms with van der Waals surface area (Å²) < 4.78 is 71.7. The maximum Gasteiger partial charge on any atom is 0.167 e. The average molecular weight is 663 g/mol. The van der Waals surface area contributed by atoms with Gasteiger partial charge >= 0.3 is 0 Å². The summed E-state index contributed by atoms with van der Waals surface area (Å²) in [6.07, 6.45) is 3.11. The van der Waals surface area contributed by atoms with Crippen molar-refractivity contribution in [2.45, 2.75) is 149 Å². The van der Waals surface area contributed by atoms with E-state index in [4.69, 9.17) is 14.2 Å². The summed E-state index contributed by atoms with van der Waals surface area (Å²) in [6.45, 7) is 33.7. The molecule has 0 fully saturated rings. The summed E-state index contributed by atoms with van der Waals surface area (Å²) in [7, 11) is 0. The van der Waals surface area contributed by atoms with Gasteiger partial charge in [0.25, 0.3) is 0 Å². The lowest BCUT2D eigenvalue weighted by molar-refractivity contribution is 0.115. The fraction of sp³-hybridized carbons (Fsp3) is 0.692. The summed E-state index contributed by atoms with van der Waals surface area (Å²) >= 11 is 0. The van der Waals surface area contributed by atoms with E-state index >= 15 is 0 Å². The third-order valence-corrected chi connectivity index (χ3v) is 5.26. The molecule has 2 aromatic rings. The highest BCUT2D eigenvalue weighted by Gasteiger charge is 2.25. The van der Waals surface area contributed by atoms with Crippen LogP contribution < -0.4 is 9.47 Å². The molecule has 0 aliphatic carbocycles. The number of halogens is 4. The molecule has 7 heteroatoms. The average Bonchev–Trinajstić information content (AvgIpc) is 3.02. The summed E-state index contributed by atoms with van der Waals surface area (Å²) in [4.78, 5) is 0. The van der Waals surface area contributed by atoms with Crippen molar-refractivity contribution in [2.24, 2.45) is 11.3 Å². The molecule has 0 atom stereocenters. The van der Waals surface area contributed by atoms with Gasteiger partial charge in [0.1, 0.15) is 11.5 Å². The zero-order chi connectivity index (χ0) is 36.9. The van der Waals surface area contributed by atoms with Gasteiger partial charge < -0.3 is 14.2 Å². The first-order chi connectivity index (χ1) is 21.7. The van der Waals surface area contributed by atoms with Crippen LogP contribution in [-0.4, -0.2) is 19.8 Å². The molecule has 0 aliphatic heterocycles. The van der Waals surface area contributed by atoms with E-state index in [0.29, 0.717) is 32.0 Å². The van der Waals surface area contributed by atoms with Crippen LogP contribution >= 0.6 is 0 Å². The lowest BCUT2D eigenvalue weighted by Gasteiger charge is -2.19. The Morgan fingerprint density at radius 2 is 1.13 bits per heavy atom. The third kappa shape index (κ3) is 24.0. The first kappa shape index (κ1) is 50.6. The van der Waals surface area contributed by atoms with Gasteiger partial charge in [0.2, 0.25) is 0 Å². The van der Waals surface area contributed by atoms with E-state index < -0.39 is 41.0 Å². The standard InChI is InChI=1S/C16H22F4O.C14H22O2.C3H8.3C2H6/c1-4-8-21-9-12-15(19)13(17)11(14(18)16(12)20)7-5-6-10(2)3;1-6-15-12-7-11(2)8-13(9-12)16-10-14(3,4)5;1-3-2;3*1-2/h10H,4-9H2,1-3H3;7-9H,6,10H2,1-5H3;3H2,1-2H3;3*1-2H3. The fourth-order valence-electron chi connectivity index (χ4n) is 3.42. The van der Waals surface area contributed by atoms with Crippen LogP contribution in [0.25, 0.3) is 0 Å². The predicted octanol–water partition coefficient (Wildman–Crippen LogP) is 13.5. The van der Waals surface area contributed by atoms with Gasteiger partial charge in [-0.15, -0.1) is 0 Å². The minimum atomic E-state index is -1.34. The Hall–Kier alpha value is -2.28. The molecule has 0 N–H and O–H groups in total. The van der Waals surface area contributed by atoms with E-state index in [1.807, 2.05) is 94.4 Å². The zero-order valence-electron chi connectivity index (χ0n) is 32.4. The van der Waals surface area contributed by atoms with Gasteiger partial charge in [-0.3, -0.25) is 0 Å². The van der Waals surface area contributed by atoms with Crippen LogP contribution in [0.15, 0.2) is 18.2 Å². The van der Waals surface area contributed by atoms with Gasteiger partial charge in [-0.25, -0.2) is 17.6 Å². The molecule has 272 valence electrons. The number of benzene rings is 2. The smallest absolute Gasteiger partial charge is 0.167 e. The van der Waals surface area contributed by atoms with Gasteiger partial charge in [-0.2, -0.15) is 0 Å². The van der Waals surface area contributed by atoms with E-state index in [1.165, 1.54) is 6.42 Å². The van der Waals surface area contributed by atoms with Gasteiger partial charge in [-0.1, -0.05) is 110 Å². The number of rotatable bonds is 12. The van der Waals surface area contributed by atoms with Crippen molar-refractivity contribution < 1.29 is 31.8 Å². The number of ether oxygens (including phenoxy) is 3. The van der Waals surface area contributed by atoms with Gasteiger partial charge in [0.15, 0.2) is 23.3 Å². The Morgan fingerprint density at radius 3 is 1.52 bits per heavy atom. The molecule has 0 saturated carbocycles. The second-order valence-electron chi connectivity index (χ2n) is 11.5. The summed E-state index contributed by atoms with van der Waals surface area (Å²) in [5.74, 6) is -3.15. The van der Waals surface area contributed by atoms with Crippen molar-refractivity contribution in [3.63, 3.8) is 0 Å². The highest BCUT2D eigenvalue weighted by atomic mass is 19.2. The highest BCUT2D eigenvalue weighted by molar-refractivity contribution is 5.37. The largest absolute Gasteiger partial charge is 0.494 e. The topological polar surface area (TPSA) is 27.7 Å². The zero-order valence-corrected chi connectivity index (χ0v) is 32.4. The molecule has 2 rings (SSSR count). The molecule has 0 heterocycles. The maximum absolute atomic E-state index is 13.9. The molecule has 0 saturated heterocycles. The van der Waals surface area contributed by atoms with Crippen LogP contribution in [0.1, 0.15) is 146 Å². The SMILES string of the molecule is CC.CC.CC.CCC.CCCOCc1c(F)c(F)c(CCCC(C)C)c(F)c1F.CCOc1cc(C)cc(OCC(C)(C)C)c1. The quantitative estimate of drug-likeness (QED) is 0.129. The van der Waals surface area contributed by atoms with E-state index in [-0.39, 0.29) is 18.4 Å². The molecule has 0 aliphatic rings. The molecule has 2 aromatic carbocycles. The molecule has 0 unspecified atom stereocenters. The van der Waals surface area contributed by atoms with Crippen LogP contribution in [0.4, 0.5) is 17.6 Å². The van der Waals surface area contributed by atoms with Crippen molar-refractivity contribution in [3.05, 3.63) is 58.2 Å². The van der Waals surface area contributed by atoms with E-state index in [1.54, 1.807) is 0 Å². The van der Waals surface area contributed by atoms with Crippen molar-refractivity contribution in [1.82, 2.24) is 0 Å². The summed E-state index contributed by atoms with van der Waals surface area (Å²) in [5.41, 5.74) is 0.154. The summed E-state index contributed by atoms with van der Waals surface area (Å²) in [6, 6.07) is 6.00. The monoisotopic (exact) mass is 663 g/mol. The lowest BCUT2D eigenvalue weighted by atomic mass is 9.99. The van der Waals surface area contributed by atoms with Crippen LogP contribution in [0.2, 0.25) is 0 Å². The van der Waals surface area contributed by atoms with Crippen molar-refractivity contribution in [1.29, 1.82) is 0 Å². The molecule has 0 bridgehead atoms. The van der Waals surface area contributed by atoms with Crippen molar-refractivity contribution in [2.75, 3.05) is 19.8 Å². The molecular weight excluding hydrogens is 592 g/mol. The molecule has 0 aromatic heterocycles. The molecule has 0 radical (unpaired) electrons. The first-order valence-corrected chi connectivity index (χ1v) is 17.5. The van der Waals surface area contributed by atoms with E-state index in [9.17, 15) is 17.6 Å². The number of aryl methyl sites for hydroxylation is 1. The maximum atomic E-state index is 13.9. The van der Waals surface area contributed by atoms with E-state index in [0.717, 1.165) is 23.5 Å². The lowest BCUT2D eigenvalue weighted by Crippen LogP contribution is -2.16. The Balaban J connectivity index is -0.000000312. The van der Waals surface area contributed by atoms with Crippen LogP contribution in [0.3, 0.4) is 0 Å². The van der Waals surface area contributed by atoms with Gasteiger partial charge in [0, 0.05) is 18.2 Å². The van der Waals surface area contributed by atoms with E-state index in [2.05, 4.69) is 34.6 Å². The minimum Gasteiger partial charge on any atom is -0.494 e. The normalized spacial score (nSPS) is 9.93. The molecule has 0 spiro atoms. The molecule has 46 heavy (non-hydrogen) atoms. The van der Waals surface area contributed by atoms with Crippen LogP contribution in [0.5, 0.6) is 11.5 Å². The minimum absolute atomic E-state index is 0.0141. The second-order valence-corrected chi connectivity index (χ2v) is 11.5. The Bertz CT molecular complexity index is 957. The molecule has 0 amide bonds. The van der Waals surface area contributed by atoms with Gasteiger partial charge in [-0.05, 0) is 62.1 Å². The van der Waals surface area contributed by atoms with Gasteiger partial charge in [0.05, 0.1) is 25.4 Å².